The van der Waals surface area contributed by atoms with Crippen LogP contribution in [0.4, 0.5) is 11.5 Å². The van der Waals surface area contributed by atoms with E-state index in [4.69, 9.17) is 16.3 Å². The van der Waals surface area contributed by atoms with Gasteiger partial charge in [-0.15, -0.1) is 0 Å². The number of anilines is 1. The first-order valence-corrected chi connectivity index (χ1v) is 9.61. The number of hydrogen-bond acceptors (Lipinski definition) is 6. The van der Waals surface area contributed by atoms with Gasteiger partial charge in [-0.1, -0.05) is 6.08 Å². The second-order valence-corrected chi connectivity index (χ2v) is 7.88. The van der Waals surface area contributed by atoms with Crippen molar-refractivity contribution in [3.05, 3.63) is 17.1 Å². The fourth-order valence-electron chi connectivity index (χ4n) is 3.48. The quantitative estimate of drug-likeness (QED) is 0.386. The van der Waals surface area contributed by atoms with E-state index in [0.29, 0.717) is 24.5 Å². The normalized spacial score (nSPS) is 22.4. The topological polar surface area (TPSA) is 53.9 Å². The zero-order valence-electron chi connectivity index (χ0n) is 13.3. The van der Waals surface area contributed by atoms with Crippen LogP contribution in [0.5, 0.6) is 0 Å². The molecule has 0 radical (unpaired) electrons. The van der Waals surface area contributed by atoms with Gasteiger partial charge >= 0.3 is 0 Å². The third kappa shape index (κ3) is 3.31. The van der Waals surface area contributed by atoms with Crippen molar-refractivity contribution in [2.45, 2.75) is 25.3 Å². The maximum Gasteiger partial charge on any atom is 0.225 e. The van der Waals surface area contributed by atoms with Crippen LogP contribution >= 0.6 is 34.5 Å². The number of aliphatic imine (C=N–C) groups is 1. The molecule has 6 nitrogen and oxygen atoms in total. The number of nitrogens with zero attached hydrogens (tertiary/aromatic N) is 5. The number of aromatic nitrogens is 2. The zero-order chi connectivity index (χ0) is 16.5. The summed E-state index contributed by atoms with van der Waals surface area (Å²) in [5, 5.41) is 0.296. The van der Waals surface area contributed by atoms with Gasteiger partial charge in [0.15, 0.2) is 5.82 Å². The summed E-state index contributed by atoms with van der Waals surface area (Å²) in [6, 6.07) is 0.476. The summed E-state index contributed by atoms with van der Waals surface area (Å²) in [5.74, 6) is 0.881. The van der Waals surface area contributed by atoms with Gasteiger partial charge in [0.05, 0.1) is 25.5 Å². The van der Waals surface area contributed by atoms with E-state index in [0.717, 1.165) is 61.7 Å². The van der Waals surface area contributed by atoms with E-state index in [-0.39, 0.29) is 0 Å². The van der Waals surface area contributed by atoms with Crippen LogP contribution in [0.15, 0.2) is 11.1 Å². The highest BCUT2D eigenvalue weighted by atomic mass is 127. The molecule has 0 atom stereocenters. The third-order valence-electron chi connectivity index (χ3n) is 4.73. The predicted octanol–water partition coefficient (Wildman–Crippen LogP) is 3.27. The summed E-state index contributed by atoms with van der Waals surface area (Å²) in [5.41, 5.74) is 2.87. The van der Waals surface area contributed by atoms with Gasteiger partial charge in [0.25, 0.3) is 0 Å². The Hall–Kier alpha value is -0.770. The molecule has 4 rings (SSSR count). The molecule has 3 aliphatic rings. The van der Waals surface area contributed by atoms with Gasteiger partial charge in [-0.05, 0) is 36.4 Å². The maximum atomic E-state index is 6.26. The second kappa shape index (κ2) is 7.23. The van der Waals surface area contributed by atoms with Gasteiger partial charge in [-0.3, -0.25) is 4.99 Å². The van der Waals surface area contributed by atoms with Crippen LogP contribution in [0.2, 0.25) is 5.28 Å². The first-order chi connectivity index (χ1) is 11.7. The van der Waals surface area contributed by atoms with Gasteiger partial charge in [-0.2, -0.15) is 4.98 Å². The molecule has 1 aromatic heterocycles. The summed E-state index contributed by atoms with van der Waals surface area (Å²) in [6.07, 6.45) is 7.14. The Balaban J connectivity index is 1.71. The molecule has 0 N–H and O–H groups in total. The minimum atomic E-state index is 0.296. The Bertz CT molecular complexity index is 687. The highest BCUT2D eigenvalue weighted by Gasteiger charge is 2.30. The van der Waals surface area contributed by atoms with Crippen LogP contribution in [-0.4, -0.2) is 58.2 Å². The first kappa shape index (κ1) is 16.7. The average molecular weight is 460 g/mol. The van der Waals surface area contributed by atoms with Crippen LogP contribution in [0.1, 0.15) is 25.0 Å². The molecule has 1 fully saturated rings. The van der Waals surface area contributed by atoms with Crippen molar-refractivity contribution in [3.8, 4) is 0 Å². The summed E-state index contributed by atoms with van der Waals surface area (Å²) in [6.45, 7) is 4.32. The molecule has 0 unspecified atom stereocenters. The fraction of sp³-hybridized carbons (Fsp3) is 0.562. The smallest absolute Gasteiger partial charge is 0.225 e. The summed E-state index contributed by atoms with van der Waals surface area (Å²) >= 11 is 8.66. The lowest BCUT2D eigenvalue weighted by Gasteiger charge is -2.38. The Morgan fingerprint density at radius 3 is 2.83 bits per heavy atom. The van der Waals surface area contributed by atoms with Gasteiger partial charge < -0.3 is 9.64 Å². The molecular formula is C16H19ClIN5O. The third-order valence-corrected chi connectivity index (χ3v) is 5.86. The number of rotatable bonds is 2. The van der Waals surface area contributed by atoms with E-state index in [2.05, 4.69) is 51.9 Å². The Labute approximate surface area is 160 Å². The molecule has 0 amide bonds. The Morgan fingerprint density at radius 2 is 2.08 bits per heavy atom. The number of ether oxygens (including phenoxy) is 1. The molecule has 128 valence electrons. The highest BCUT2D eigenvalue weighted by molar-refractivity contribution is 14.1. The molecule has 3 aliphatic heterocycles. The number of halogens is 2. The van der Waals surface area contributed by atoms with E-state index in [1.807, 2.05) is 6.21 Å². The zero-order valence-corrected chi connectivity index (χ0v) is 16.2. The molecule has 1 saturated heterocycles. The molecular weight excluding hydrogens is 441 g/mol. The second-order valence-electron chi connectivity index (χ2n) is 6.17. The Morgan fingerprint density at radius 1 is 1.25 bits per heavy atom. The number of hydrogen-bond donors (Lipinski definition) is 0. The van der Waals surface area contributed by atoms with Crippen molar-refractivity contribution in [1.29, 1.82) is 0 Å². The van der Waals surface area contributed by atoms with E-state index in [1.165, 1.54) is 0 Å². The monoisotopic (exact) mass is 459 g/mol. The maximum absolute atomic E-state index is 6.26. The van der Waals surface area contributed by atoms with Crippen LogP contribution in [0.25, 0.3) is 5.57 Å². The van der Waals surface area contributed by atoms with Crippen LogP contribution in [0.3, 0.4) is 0 Å². The van der Waals surface area contributed by atoms with E-state index in [1.54, 1.807) is 0 Å². The standard InChI is InChI=1S/C16H19ClIN5O/c17-16-20-13(11-3-9-24-10-4-11)14-15(21-16)23(8-5-19-14)12-1-6-22(18)7-2-12/h3,5,12H,1-2,4,6-10H2. The molecule has 1 aromatic rings. The van der Waals surface area contributed by atoms with Crippen molar-refractivity contribution in [1.82, 2.24) is 13.1 Å². The summed E-state index contributed by atoms with van der Waals surface area (Å²) in [7, 11) is 0. The lowest BCUT2D eigenvalue weighted by Crippen LogP contribution is -2.44. The lowest BCUT2D eigenvalue weighted by molar-refractivity contribution is 0.161. The molecule has 0 saturated carbocycles. The van der Waals surface area contributed by atoms with E-state index in [9.17, 15) is 0 Å². The molecule has 24 heavy (non-hydrogen) atoms. The SMILES string of the molecule is Clc1nc(C2=CCOCC2)c2c(n1)N(C1CCN(I)CC1)CC=N2. The number of piperidine rings is 1. The summed E-state index contributed by atoms with van der Waals surface area (Å²) in [4.78, 5) is 16.0. The van der Waals surface area contributed by atoms with Gasteiger partial charge in [0.2, 0.25) is 5.28 Å². The Kier molecular flexibility index (Phi) is 5.03. The molecule has 0 aromatic carbocycles. The van der Waals surface area contributed by atoms with Crippen LogP contribution in [0, 0.1) is 0 Å². The predicted molar refractivity (Wildman–Crippen MR) is 105 cm³/mol. The lowest BCUT2D eigenvalue weighted by atomic mass is 10.0. The van der Waals surface area contributed by atoms with E-state index >= 15 is 0 Å². The van der Waals surface area contributed by atoms with Crippen molar-refractivity contribution in [2.75, 3.05) is 37.7 Å². The van der Waals surface area contributed by atoms with Crippen molar-refractivity contribution >= 4 is 57.8 Å². The summed E-state index contributed by atoms with van der Waals surface area (Å²) < 4.78 is 7.76. The highest BCUT2D eigenvalue weighted by Crippen LogP contribution is 2.39. The number of fused-ring (bicyclic) bond motifs is 1. The average Bonchev–Trinajstić information content (AvgIpc) is 2.62. The fourth-order valence-corrected chi connectivity index (χ4v) is 4.20. The van der Waals surface area contributed by atoms with E-state index < -0.39 is 0 Å². The molecule has 0 spiro atoms. The molecule has 8 heteroatoms. The largest absolute Gasteiger partial charge is 0.377 e. The van der Waals surface area contributed by atoms with Gasteiger partial charge in [0.1, 0.15) is 5.69 Å². The van der Waals surface area contributed by atoms with Crippen LogP contribution < -0.4 is 4.90 Å². The minimum absolute atomic E-state index is 0.296. The molecule has 4 heterocycles. The molecule has 0 bridgehead atoms. The van der Waals surface area contributed by atoms with Gasteiger partial charge in [0, 0.05) is 48.2 Å². The molecule has 0 aliphatic carbocycles. The first-order valence-electron chi connectivity index (χ1n) is 8.27. The van der Waals surface area contributed by atoms with Crippen molar-refractivity contribution < 1.29 is 4.74 Å². The van der Waals surface area contributed by atoms with Crippen LogP contribution in [-0.2, 0) is 4.74 Å². The van der Waals surface area contributed by atoms with Crippen molar-refractivity contribution in [2.24, 2.45) is 4.99 Å². The van der Waals surface area contributed by atoms with Crippen molar-refractivity contribution in [3.63, 3.8) is 0 Å². The van der Waals surface area contributed by atoms with Gasteiger partial charge in [-0.25, -0.2) is 8.10 Å². The minimum Gasteiger partial charge on any atom is -0.377 e.